The van der Waals surface area contributed by atoms with Crippen LogP contribution in [0.4, 0.5) is 11.5 Å². The molecule has 3 aromatic rings. The van der Waals surface area contributed by atoms with Crippen LogP contribution in [0.1, 0.15) is 13.8 Å². The fraction of sp³-hybridized carbons (Fsp3) is 0.176. The topological polar surface area (TPSA) is 67.3 Å². The molecule has 0 unspecified atom stereocenters. The van der Waals surface area contributed by atoms with E-state index in [1.807, 2.05) is 44.2 Å². The molecule has 5 nitrogen and oxygen atoms in total. The summed E-state index contributed by atoms with van der Waals surface area (Å²) in [7, 11) is 1.51. The molecule has 0 aliphatic heterocycles. The van der Waals surface area contributed by atoms with Crippen LogP contribution in [0.15, 0.2) is 48.8 Å². The number of phenols is 1. The Morgan fingerprint density at radius 1 is 1.05 bits per heavy atom. The van der Waals surface area contributed by atoms with Gasteiger partial charge in [0.05, 0.1) is 12.6 Å². The number of fused-ring (bicyclic) bond motifs is 1. The molecular weight excluding hydrogens is 278 g/mol. The monoisotopic (exact) mass is 297 g/mol. The zero-order valence-electron chi connectivity index (χ0n) is 12.9. The van der Waals surface area contributed by atoms with E-state index in [-0.39, 0.29) is 5.75 Å². The third-order valence-corrected chi connectivity index (χ3v) is 2.97. The first-order valence-corrected chi connectivity index (χ1v) is 7.11. The van der Waals surface area contributed by atoms with Crippen LogP contribution in [0, 0.1) is 0 Å². The Labute approximate surface area is 129 Å². The molecule has 0 aliphatic carbocycles. The van der Waals surface area contributed by atoms with Crippen molar-refractivity contribution in [3.05, 3.63) is 48.8 Å². The number of anilines is 2. The van der Waals surface area contributed by atoms with Gasteiger partial charge in [-0.1, -0.05) is 32.0 Å². The lowest BCUT2D eigenvalue weighted by Crippen LogP contribution is -1.96. The van der Waals surface area contributed by atoms with Crippen LogP contribution in [-0.4, -0.2) is 22.2 Å². The largest absolute Gasteiger partial charge is 0.504 e. The number of rotatable bonds is 3. The van der Waals surface area contributed by atoms with Crippen LogP contribution in [0.5, 0.6) is 11.5 Å². The van der Waals surface area contributed by atoms with Gasteiger partial charge in [-0.3, -0.25) is 0 Å². The zero-order chi connectivity index (χ0) is 15.9. The Bertz CT molecular complexity index is 745. The van der Waals surface area contributed by atoms with Gasteiger partial charge in [0.2, 0.25) is 0 Å². The van der Waals surface area contributed by atoms with Crippen LogP contribution in [0.2, 0.25) is 0 Å². The maximum Gasteiger partial charge on any atom is 0.162 e. The first-order chi connectivity index (χ1) is 10.8. The molecule has 1 aromatic heterocycles. The number of hydrogen-bond donors (Lipinski definition) is 2. The van der Waals surface area contributed by atoms with Crippen LogP contribution < -0.4 is 10.1 Å². The fourth-order valence-electron chi connectivity index (χ4n) is 1.99. The molecule has 2 N–H and O–H groups in total. The second-order valence-corrected chi connectivity index (χ2v) is 4.25. The average molecular weight is 297 g/mol. The summed E-state index contributed by atoms with van der Waals surface area (Å²) in [6, 6.07) is 13.0. The van der Waals surface area contributed by atoms with E-state index in [9.17, 15) is 5.11 Å². The third kappa shape index (κ3) is 3.25. The number of aromatic nitrogens is 2. The smallest absolute Gasteiger partial charge is 0.162 e. The Kier molecular flexibility index (Phi) is 5.14. The van der Waals surface area contributed by atoms with Crippen molar-refractivity contribution < 1.29 is 9.84 Å². The van der Waals surface area contributed by atoms with Crippen molar-refractivity contribution in [2.75, 3.05) is 12.4 Å². The fourth-order valence-corrected chi connectivity index (χ4v) is 1.99. The van der Waals surface area contributed by atoms with Gasteiger partial charge in [-0.05, 0) is 18.2 Å². The van der Waals surface area contributed by atoms with E-state index in [0.29, 0.717) is 17.1 Å². The Balaban J connectivity index is 0.000000847. The summed E-state index contributed by atoms with van der Waals surface area (Å²) in [4.78, 5) is 8.42. The van der Waals surface area contributed by atoms with E-state index >= 15 is 0 Å². The zero-order valence-corrected chi connectivity index (χ0v) is 12.9. The van der Waals surface area contributed by atoms with Crippen molar-refractivity contribution in [2.45, 2.75) is 13.8 Å². The summed E-state index contributed by atoms with van der Waals surface area (Å²) in [6.45, 7) is 4.00. The van der Waals surface area contributed by atoms with Crippen LogP contribution in [0.25, 0.3) is 10.9 Å². The Hall–Kier alpha value is -2.82. The summed E-state index contributed by atoms with van der Waals surface area (Å²) in [5.41, 5.74) is 1.62. The van der Waals surface area contributed by atoms with Gasteiger partial charge in [-0.15, -0.1) is 0 Å². The SMILES string of the molecule is CC.COc1cc2ncnc(Nc3ccccc3)c2cc1O. The van der Waals surface area contributed by atoms with Gasteiger partial charge in [-0.25, -0.2) is 9.97 Å². The summed E-state index contributed by atoms with van der Waals surface area (Å²) in [6.07, 6.45) is 1.48. The van der Waals surface area contributed by atoms with Crippen molar-refractivity contribution in [1.82, 2.24) is 9.97 Å². The number of para-hydroxylation sites is 1. The summed E-state index contributed by atoms with van der Waals surface area (Å²) in [5, 5.41) is 13.8. The van der Waals surface area contributed by atoms with E-state index < -0.39 is 0 Å². The second-order valence-electron chi connectivity index (χ2n) is 4.25. The highest BCUT2D eigenvalue weighted by atomic mass is 16.5. The quantitative estimate of drug-likeness (QED) is 0.761. The maximum absolute atomic E-state index is 9.89. The normalized spacial score (nSPS) is 9.77. The number of hydrogen-bond acceptors (Lipinski definition) is 5. The number of nitrogens with one attached hydrogen (secondary N) is 1. The Morgan fingerprint density at radius 3 is 2.45 bits per heavy atom. The summed E-state index contributed by atoms with van der Waals surface area (Å²) >= 11 is 0. The van der Waals surface area contributed by atoms with E-state index in [4.69, 9.17) is 4.74 Å². The van der Waals surface area contributed by atoms with Crippen molar-refractivity contribution in [2.24, 2.45) is 0 Å². The molecule has 0 fully saturated rings. The summed E-state index contributed by atoms with van der Waals surface area (Å²) in [5.74, 6) is 1.09. The van der Waals surface area contributed by atoms with Gasteiger partial charge in [0.25, 0.3) is 0 Å². The molecule has 0 bridgehead atoms. The molecule has 0 spiro atoms. The number of benzene rings is 2. The lowest BCUT2D eigenvalue weighted by atomic mass is 10.2. The number of phenolic OH excluding ortho intramolecular Hbond substituents is 1. The van der Waals surface area contributed by atoms with Crippen LogP contribution >= 0.6 is 0 Å². The molecule has 22 heavy (non-hydrogen) atoms. The molecule has 2 aromatic carbocycles. The predicted octanol–water partition coefficient (Wildman–Crippen LogP) is 4.11. The van der Waals surface area contributed by atoms with Gasteiger partial charge >= 0.3 is 0 Å². The molecule has 1 heterocycles. The highest BCUT2D eigenvalue weighted by Gasteiger charge is 2.09. The van der Waals surface area contributed by atoms with Gasteiger partial charge in [0.1, 0.15) is 12.1 Å². The number of methoxy groups -OCH3 is 1. The lowest BCUT2D eigenvalue weighted by Gasteiger charge is -2.10. The molecule has 0 aliphatic rings. The minimum Gasteiger partial charge on any atom is -0.504 e. The van der Waals surface area contributed by atoms with Crippen LogP contribution in [0.3, 0.4) is 0 Å². The number of aromatic hydroxyl groups is 1. The number of nitrogens with zero attached hydrogens (tertiary/aromatic N) is 2. The van der Waals surface area contributed by atoms with Gasteiger partial charge in [-0.2, -0.15) is 0 Å². The van der Waals surface area contributed by atoms with Crippen molar-refractivity contribution in [3.8, 4) is 11.5 Å². The Morgan fingerprint density at radius 2 is 1.77 bits per heavy atom. The maximum atomic E-state index is 9.89. The molecular formula is C17H19N3O2. The molecule has 0 atom stereocenters. The second kappa shape index (κ2) is 7.26. The van der Waals surface area contributed by atoms with Crippen molar-refractivity contribution in [1.29, 1.82) is 0 Å². The van der Waals surface area contributed by atoms with E-state index in [0.717, 1.165) is 11.1 Å². The van der Waals surface area contributed by atoms with Crippen molar-refractivity contribution >= 4 is 22.4 Å². The van der Waals surface area contributed by atoms with Crippen molar-refractivity contribution in [3.63, 3.8) is 0 Å². The first-order valence-electron chi connectivity index (χ1n) is 7.11. The van der Waals surface area contributed by atoms with Gasteiger partial charge in [0.15, 0.2) is 11.5 Å². The van der Waals surface area contributed by atoms with E-state index in [1.165, 1.54) is 13.4 Å². The summed E-state index contributed by atoms with van der Waals surface area (Å²) < 4.78 is 5.08. The highest BCUT2D eigenvalue weighted by molar-refractivity contribution is 5.92. The molecule has 0 saturated carbocycles. The molecule has 3 rings (SSSR count). The molecule has 114 valence electrons. The third-order valence-electron chi connectivity index (χ3n) is 2.97. The number of ether oxygens (including phenoxy) is 1. The lowest BCUT2D eigenvalue weighted by molar-refractivity contribution is 0.374. The highest BCUT2D eigenvalue weighted by Crippen LogP contribution is 2.33. The minimum absolute atomic E-state index is 0.0610. The molecule has 5 heteroatoms. The first kappa shape index (κ1) is 15.6. The molecule has 0 saturated heterocycles. The predicted molar refractivity (Wildman–Crippen MR) is 88.8 cm³/mol. The van der Waals surface area contributed by atoms with E-state index in [2.05, 4.69) is 15.3 Å². The molecule has 0 amide bonds. The average Bonchev–Trinajstić information content (AvgIpc) is 2.58. The van der Waals surface area contributed by atoms with E-state index in [1.54, 1.807) is 12.1 Å². The van der Waals surface area contributed by atoms with Gasteiger partial charge < -0.3 is 15.2 Å². The standard InChI is InChI=1S/C15H13N3O2.C2H6/c1-20-14-8-12-11(7-13(14)19)15(17-9-16-12)18-10-5-3-2-4-6-10;1-2/h2-9,19H,1H3,(H,16,17,18);1-2H3. The van der Waals surface area contributed by atoms with Gasteiger partial charge in [0, 0.05) is 17.1 Å². The molecule has 0 radical (unpaired) electrons. The minimum atomic E-state index is 0.0610. The van der Waals surface area contributed by atoms with Crippen LogP contribution in [-0.2, 0) is 0 Å².